The first-order valence-electron chi connectivity index (χ1n) is 6.86. The maximum atomic E-state index is 10.9. The number of nitrogens with one attached hydrogen (secondary N) is 2. The molecule has 19 heavy (non-hydrogen) atoms. The number of rotatable bonds is 7. The van der Waals surface area contributed by atoms with Crippen molar-refractivity contribution in [1.82, 2.24) is 0 Å². The van der Waals surface area contributed by atoms with Crippen molar-refractivity contribution in [3.63, 3.8) is 0 Å². The molecule has 0 bridgehead atoms. The van der Waals surface area contributed by atoms with Crippen LogP contribution in [0.1, 0.15) is 33.1 Å². The van der Waals surface area contributed by atoms with Gasteiger partial charge in [0.25, 0.3) is 5.69 Å². The lowest BCUT2D eigenvalue weighted by molar-refractivity contribution is -0.384. The molecular weight excluding hydrogens is 242 g/mol. The Bertz CT molecular complexity index is 470. The standard InChI is InChI=1S/C14H21N3O2/c1-3-14(5-6-14)10-16-12-7-11(15-4-2)8-13(9-12)17(18)19/h7-9,15-16H,3-6,10H2,1-2H3. The average molecular weight is 263 g/mol. The second-order valence-corrected chi connectivity index (χ2v) is 5.26. The molecule has 0 amide bonds. The Labute approximate surface area is 113 Å². The van der Waals surface area contributed by atoms with Gasteiger partial charge in [0.15, 0.2) is 0 Å². The summed E-state index contributed by atoms with van der Waals surface area (Å²) < 4.78 is 0. The Morgan fingerprint density at radius 1 is 1.21 bits per heavy atom. The number of nitro benzene ring substituents is 1. The van der Waals surface area contributed by atoms with E-state index in [0.29, 0.717) is 5.41 Å². The van der Waals surface area contributed by atoms with Crippen molar-refractivity contribution in [3.05, 3.63) is 28.3 Å². The van der Waals surface area contributed by atoms with E-state index in [1.54, 1.807) is 12.1 Å². The predicted molar refractivity (Wildman–Crippen MR) is 77.7 cm³/mol. The predicted octanol–water partition coefficient (Wildman–Crippen LogP) is 3.63. The van der Waals surface area contributed by atoms with E-state index < -0.39 is 0 Å². The molecule has 1 aliphatic carbocycles. The lowest BCUT2D eigenvalue weighted by Crippen LogP contribution is -2.14. The summed E-state index contributed by atoms with van der Waals surface area (Å²) in [4.78, 5) is 10.6. The first kappa shape index (κ1) is 13.6. The number of hydrogen-bond donors (Lipinski definition) is 2. The van der Waals surface area contributed by atoms with Crippen LogP contribution in [0.3, 0.4) is 0 Å². The van der Waals surface area contributed by atoms with Crippen LogP contribution in [0.25, 0.3) is 0 Å². The van der Waals surface area contributed by atoms with Crippen molar-refractivity contribution >= 4 is 17.1 Å². The molecule has 1 saturated carbocycles. The molecule has 1 aromatic rings. The first-order valence-corrected chi connectivity index (χ1v) is 6.86. The smallest absolute Gasteiger partial charge is 0.273 e. The van der Waals surface area contributed by atoms with Crippen molar-refractivity contribution in [2.75, 3.05) is 23.7 Å². The zero-order valence-electron chi connectivity index (χ0n) is 11.5. The van der Waals surface area contributed by atoms with Gasteiger partial charge < -0.3 is 10.6 Å². The summed E-state index contributed by atoms with van der Waals surface area (Å²) in [6, 6.07) is 5.11. The molecule has 0 saturated heterocycles. The molecule has 5 nitrogen and oxygen atoms in total. The Morgan fingerprint density at radius 3 is 2.32 bits per heavy atom. The van der Waals surface area contributed by atoms with Crippen LogP contribution in [0.15, 0.2) is 18.2 Å². The van der Waals surface area contributed by atoms with Crippen LogP contribution in [0.4, 0.5) is 17.1 Å². The summed E-state index contributed by atoms with van der Waals surface area (Å²) in [5.74, 6) is 0. The van der Waals surface area contributed by atoms with Gasteiger partial charge in [0.2, 0.25) is 0 Å². The topological polar surface area (TPSA) is 67.2 Å². The van der Waals surface area contributed by atoms with Crippen LogP contribution >= 0.6 is 0 Å². The fraction of sp³-hybridized carbons (Fsp3) is 0.571. The number of benzene rings is 1. The lowest BCUT2D eigenvalue weighted by Gasteiger charge is -2.15. The highest BCUT2D eigenvalue weighted by atomic mass is 16.6. The molecule has 104 valence electrons. The van der Waals surface area contributed by atoms with Gasteiger partial charge in [-0.1, -0.05) is 6.92 Å². The molecule has 1 aromatic carbocycles. The second-order valence-electron chi connectivity index (χ2n) is 5.26. The van der Waals surface area contributed by atoms with E-state index in [-0.39, 0.29) is 10.6 Å². The Balaban J connectivity index is 2.11. The van der Waals surface area contributed by atoms with Gasteiger partial charge in [0.1, 0.15) is 0 Å². The van der Waals surface area contributed by atoms with Crippen LogP contribution in [0.5, 0.6) is 0 Å². The van der Waals surface area contributed by atoms with E-state index in [1.807, 2.05) is 13.0 Å². The van der Waals surface area contributed by atoms with Gasteiger partial charge in [0, 0.05) is 36.6 Å². The molecular formula is C14H21N3O2. The summed E-state index contributed by atoms with van der Waals surface area (Å²) in [6.45, 7) is 5.82. The second kappa shape index (κ2) is 5.47. The SMILES string of the molecule is CCNc1cc(NCC2(CC)CC2)cc([N+](=O)[O-])c1. The van der Waals surface area contributed by atoms with Gasteiger partial charge >= 0.3 is 0 Å². The van der Waals surface area contributed by atoms with E-state index >= 15 is 0 Å². The van der Waals surface area contributed by atoms with Crippen molar-refractivity contribution in [3.8, 4) is 0 Å². The normalized spacial score (nSPS) is 15.9. The van der Waals surface area contributed by atoms with Crippen LogP contribution in [-0.4, -0.2) is 18.0 Å². The highest BCUT2D eigenvalue weighted by Crippen LogP contribution is 2.48. The van der Waals surface area contributed by atoms with Crippen molar-refractivity contribution in [1.29, 1.82) is 0 Å². The van der Waals surface area contributed by atoms with E-state index in [2.05, 4.69) is 17.6 Å². The van der Waals surface area contributed by atoms with Gasteiger partial charge in [-0.25, -0.2) is 0 Å². The Hall–Kier alpha value is -1.78. The third-order valence-corrected chi connectivity index (χ3v) is 3.88. The molecule has 1 fully saturated rings. The third kappa shape index (κ3) is 3.36. The monoisotopic (exact) mass is 263 g/mol. The number of nitro groups is 1. The lowest BCUT2D eigenvalue weighted by atomic mass is 10.0. The van der Waals surface area contributed by atoms with Crippen molar-refractivity contribution in [2.24, 2.45) is 5.41 Å². The zero-order chi connectivity index (χ0) is 13.9. The summed E-state index contributed by atoms with van der Waals surface area (Å²) in [5.41, 5.74) is 2.16. The van der Waals surface area contributed by atoms with E-state index in [9.17, 15) is 10.1 Å². The Kier molecular flexibility index (Phi) is 3.93. The average Bonchev–Trinajstić information content (AvgIpc) is 3.17. The number of nitrogens with zero attached hydrogens (tertiary/aromatic N) is 1. The van der Waals surface area contributed by atoms with Crippen LogP contribution in [0, 0.1) is 15.5 Å². The van der Waals surface area contributed by atoms with Gasteiger partial charge in [-0.15, -0.1) is 0 Å². The Morgan fingerprint density at radius 2 is 1.84 bits per heavy atom. The van der Waals surface area contributed by atoms with Crippen LogP contribution < -0.4 is 10.6 Å². The molecule has 0 aliphatic heterocycles. The fourth-order valence-electron chi connectivity index (χ4n) is 2.25. The number of hydrogen-bond acceptors (Lipinski definition) is 4. The molecule has 5 heteroatoms. The van der Waals surface area contributed by atoms with Crippen molar-refractivity contribution < 1.29 is 4.92 Å². The van der Waals surface area contributed by atoms with Gasteiger partial charge in [-0.2, -0.15) is 0 Å². The van der Waals surface area contributed by atoms with E-state index in [1.165, 1.54) is 12.8 Å². The van der Waals surface area contributed by atoms with Gasteiger partial charge in [-0.3, -0.25) is 10.1 Å². The molecule has 1 aliphatic rings. The molecule has 0 spiro atoms. The first-order chi connectivity index (χ1) is 9.08. The molecule has 2 rings (SSSR count). The van der Waals surface area contributed by atoms with Crippen LogP contribution in [0.2, 0.25) is 0 Å². The molecule has 0 heterocycles. The third-order valence-electron chi connectivity index (χ3n) is 3.88. The summed E-state index contributed by atoms with van der Waals surface area (Å²) in [6.07, 6.45) is 3.67. The van der Waals surface area contributed by atoms with E-state index in [4.69, 9.17) is 0 Å². The molecule has 2 N–H and O–H groups in total. The summed E-state index contributed by atoms with van der Waals surface area (Å²) in [7, 11) is 0. The fourth-order valence-corrected chi connectivity index (χ4v) is 2.25. The highest BCUT2D eigenvalue weighted by molar-refractivity contribution is 5.63. The number of anilines is 2. The minimum atomic E-state index is -0.348. The summed E-state index contributed by atoms with van der Waals surface area (Å²) >= 11 is 0. The maximum absolute atomic E-state index is 10.9. The summed E-state index contributed by atoms with van der Waals surface area (Å²) in [5, 5.41) is 17.4. The molecule has 0 unspecified atom stereocenters. The zero-order valence-corrected chi connectivity index (χ0v) is 11.5. The van der Waals surface area contributed by atoms with Gasteiger partial charge in [0.05, 0.1) is 4.92 Å². The highest BCUT2D eigenvalue weighted by Gasteiger charge is 2.40. The quantitative estimate of drug-likeness (QED) is 0.582. The van der Waals surface area contributed by atoms with E-state index in [0.717, 1.165) is 30.9 Å². The van der Waals surface area contributed by atoms with Crippen LogP contribution in [-0.2, 0) is 0 Å². The largest absolute Gasteiger partial charge is 0.385 e. The molecule has 0 aromatic heterocycles. The number of non-ortho nitro benzene ring substituents is 1. The molecule has 0 atom stereocenters. The maximum Gasteiger partial charge on any atom is 0.273 e. The van der Waals surface area contributed by atoms with Crippen molar-refractivity contribution in [2.45, 2.75) is 33.1 Å². The van der Waals surface area contributed by atoms with Gasteiger partial charge in [-0.05, 0) is 37.7 Å². The minimum Gasteiger partial charge on any atom is -0.385 e. The molecule has 0 radical (unpaired) electrons. The minimum absolute atomic E-state index is 0.127.